The molecule has 4 nitrogen and oxygen atoms in total. The molecule has 2 aromatic heterocycles. The van der Waals surface area contributed by atoms with Gasteiger partial charge in [0.1, 0.15) is 5.15 Å². The summed E-state index contributed by atoms with van der Waals surface area (Å²) in [6, 6.07) is 5.14. The van der Waals surface area contributed by atoms with Crippen LogP contribution in [-0.4, -0.2) is 14.8 Å². The Balaban J connectivity index is 2.64. The first-order valence-electron chi connectivity index (χ1n) is 4.51. The van der Waals surface area contributed by atoms with E-state index in [1.807, 2.05) is 6.92 Å². The SMILES string of the molecule is Cc1[nH]n(-c2cccc(Cl)n2)c(=O)c1C. The molecule has 0 fully saturated rings. The van der Waals surface area contributed by atoms with Crippen LogP contribution in [0.1, 0.15) is 11.3 Å². The molecule has 78 valence electrons. The number of nitrogens with one attached hydrogen (secondary N) is 1. The van der Waals surface area contributed by atoms with Crippen molar-refractivity contribution in [3.8, 4) is 5.82 Å². The van der Waals surface area contributed by atoms with Crippen molar-refractivity contribution >= 4 is 11.6 Å². The van der Waals surface area contributed by atoms with Gasteiger partial charge in [-0.1, -0.05) is 17.7 Å². The van der Waals surface area contributed by atoms with Crippen LogP contribution in [0, 0.1) is 13.8 Å². The van der Waals surface area contributed by atoms with Crippen LogP contribution in [0.2, 0.25) is 5.15 Å². The van der Waals surface area contributed by atoms with Gasteiger partial charge in [-0.25, -0.2) is 9.67 Å². The quantitative estimate of drug-likeness (QED) is 0.750. The molecule has 0 atom stereocenters. The van der Waals surface area contributed by atoms with Crippen LogP contribution in [-0.2, 0) is 0 Å². The van der Waals surface area contributed by atoms with Crippen molar-refractivity contribution in [2.24, 2.45) is 0 Å². The highest BCUT2D eigenvalue weighted by Crippen LogP contribution is 2.08. The van der Waals surface area contributed by atoms with Crippen LogP contribution in [0.15, 0.2) is 23.0 Å². The monoisotopic (exact) mass is 223 g/mol. The van der Waals surface area contributed by atoms with Crippen molar-refractivity contribution in [1.82, 2.24) is 14.8 Å². The summed E-state index contributed by atoms with van der Waals surface area (Å²) in [6.07, 6.45) is 0. The predicted molar refractivity (Wildman–Crippen MR) is 58.7 cm³/mol. The number of aromatic amines is 1. The van der Waals surface area contributed by atoms with E-state index in [9.17, 15) is 4.79 Å². The zero-order valence-electron chi connectivity index (χ0n) is 8.41. The fraction of sp³-hybridized carbons (Fsp3) is 0.200. The van der Waals surface area contributed by atoms with Crippen LogP contribution < -0.4 is 5.56 Å². The molecule has 0 aliphatic heterocycles. The fourth-order valence-corrected chi connectivity index (χ4v) is 1.47. The molecule has 0 aromatic carbocycles. The number of H-pyrrole nitrogens is 1. The van der Waals surface area contributed by atoms with E-state index in [0.717, 1.165) is 5.69 Å². The molecule has 0 saturated carbocycles. The zero-order valence-corrected chi connectivity index (χ0v) is 9.17. The largest absolute Gasteiger partial charge is 0.294 e. The van der Waals surface area contributed by atoms with Crippen molar-refractivity contribution in [2.45, 2.75) is 13.8 Å². The van der Waals surface area contributed by atoms with Gasteiger partial charge in [0, 0.05) is 11.3 Å². The van der Waals surface area contributed by atoms with Gasteiger partial charge in [-0.05, 0) is 26.0 Å². The average Bonchev–Trinajstić information content (AvgIpc) is 2.46. The Labute approximate surface area is 91.5 Å². The third kappa shape index (κ3) is 1.68. The number of hydrogen-bond donors (Lipinski definition) is 1. The van der Waals surface area contributed by atoms with E-state index in [1.165, 1.54) is 4.68 Å². The lowest BCUT2D eigenvalue weighted by Crippen LogP contribution is -2.16. The number of aryl methyl sites for hydroxylation is 1. The van der Waals surface area contributed by atoms with Crippen LogP contribution in [0.5, 0.6) is 0 Å². The molecule has 0 radical (unpaired) electrons. The first-order chi connectivity index (χ1) is 7.09. The van der Waals surface area contributed by atoms with Crippen LogP contribution >= 0.6 is 11.6 Å². The molecule has 0 bridgehead atoms. The smallest absolute Gasteiger partial charge is 0.275 e. The summed E-state index contributed by atoms with van der Waals surface area (Å²) < 4.78 is 1.39. The maximum Gasteiger partial charge on any atom is 0.275 e. The lowest BCUT2D eigenvalue weighted by Gasteiger charge is -1.99. The first kappa shape index (κ1) is 9.98. The van der Waals surface area contributed by atoms with E-state index in [-0.39, 0.29) is 5.56 Å². The lowest BCUT2D eigenvalue weighted by molar-refractivity contribution is 0.807. The molecule has 1 N–H and O–H groups in total. The fourth-order valence-electron chi connectivity index (χ4n) is 1.31. The number of pyridine rings is 1. The Bertz CT molecular complexity index is 556. The lowest BCUT2D eigenvalue weighted by atomic mass is 10.3. The second kappa shape index (κ2) is 3.55. The van der Waals surface area contributed by atoms with Crippen molar-refractivity contribution < 1.29 is 0 Å². The molecule has 2 aromatic rings. The molecule has 2 heterocycles. The molecule has 5 heteroatoms. The van der Waals surface area contributed by atoms with Crippen molar-refractivity contribution in [3.63, 3.8) is 0 Å². The summed E-state index contributed by atoms with van der Waals surface area (Å²) in [7, 11) is 0. The normalized spacial score (nSPS) is 10.6. The summed E-state index contributed by atoms with van der Waals surface area (Å²) in [4.78, 5) is 15.8. The zero-order chi connectivity index (χ0) is 11.0. The highest BCUT2D eigenvalue weighted by molar-refractivity contribution is 6.29. The second-order valence-corrected chi connectivity index (χ2v) is 3.71. The Hall–Kier alpha value is -1.55. The van der Waals surface area contributed by atoms with Gasteiger partial charge in [-0.2, -0.15) is 0 Å². The van der Waals surface area contributed by atoms with Crippen molar-refractivity contribution in [1.29, 1.82) is 0 Å². The molecule has 0 spiro atoms. The summed E-state index contributed by atoms with van der Waals surface area (Å²) in [5, 5.41) is 3.30. The molecule has 0 aliphatic carbocycles. The van der Waals surface area contributed by atoms with E-state index in [1.54, 1.807) is 25.1 Å². The number of aromatic nitrogens is 3. The van der Waals surface area contributed by atoms with E-state index in [0.29, 0.717) is 16.5 Å². The highest BCUT2D eigenvalue weighted by Gasteiger charge is 2.08. The van der Waals surface area contributed by atoms with Gasteiger partial charge in [-0.3, -0.25) is 9.89 Å². The van der Waals surface area contributed by atoms with Crippen LogP contribution in [0.4, 0.5) is 0 Å². The van der Waals surface area contributed by atoms with Gasteiger partial charge in [0.05, 0.1) is 0 Å². The molecule has 2 rings (SSSR count). The topological polar surface area (TPSA) is 50.7 Å². The summed E-state index contributed by atoms with van der Waals surface area (Å²) in [6.45, 7) is 3.62. The van der Waals surface area contributed by atoms with E-state index < -0.39 is 0 Å². The van der Waals surface area contributed by atoms with Gasteiger partial charge in [-0.15, -0.1) is 0 Å². The molecule has 0 unspecified atom stereocenters. The van der Waals surface area contributed by atoms with Crippen molar-refractivity contribution in [3.05, 3.63) is 45.0 Å². The number of nitrogens with zero attached hydrogens (tertiary/aromatic N) is 2. The summed E-state index contributed by atoms with van der Waals surface area (Å²) in [5.41, 5.74) is 1.43. The van der Waals surface area contributed by atoms with Gasteiger partial charge in [0.2, 0.25) is 0 Å². The van der Waals surface area contributed by atoms with E-state index >= 15 is 0 Å². The van der Waals surface area contributed by atoms with Gasteiger partial charge >= 0.3 is 0 Å². The molecule has 15 heavy (non-hydrogen) atoms. The van der Waals surface area contributed by atoms with Crippen molar-refractivity contribution in [2.75, 3.05) is 0 Å². The van der Waals surface area contributed by atoms with Crippen LogP contribution in [0.25, 0.3) is 5.82 Å². The minimum absolute atomic E-state index is 0.0951. The summed E-state index contributed by atoms with van der Waals surface area (Å²) >= 11 is 5.75. The Morgan fingerprint density at radius 2 is 2.13 bits per heavy atom. The predicted octanol–water partition coefficient (Wildman–Crippen LogP) is 1.83. The maximum absolute atomic E-state index is 11.7. The molecule has 0 amide bonds. The highest BCUT2D eigenvalue weighted by atomic mass is 35.5. The van der Waals surface area contributed by atoms with Gasteiger partial charge in [0.25, 0.3) is 5.56 Å². The first-order valence-corrected chi connectivity index (χ1v) is 4.88. The number of halogens is 1. The van der Waals surface area contributed by atoms with Crippen LogP contribution in [0.3, 0.4) is 0 Å². The van der Waals surface area contributed by atoms with Gasteiger partial charge < -0.3 is 0 Å². The Kier molecular flexibility index (Phi) is 2.36. The average molecular weight is 224 g/mol. The number of hydrogen-bond acceptors (Lipinski definition) is 2. The molecular weight excluding hydrogens is 214 g/mol. The molecular formula is C10H10ClN3O. The minimum Gasteiger partial charge on any atom is -0.294 e. The van der Waals surface area contributed by atoms with Gasteiger partial charge in [0.15, 0.2) is 5.82 Å². The maximum atomic E-state index is 11.7. The molecule has 0 aliphatic rings. The molecule has 0 saturated heterocycles. The Morgan fingerprint density at radius 1 is 1.40 bits per heavy atom. The summed E-state index contributed by atoms with van der Waals surface area (Å²) in [5.74, 6) is 0.503. The minimum atomic E-state index is -0.0951. The number of rotatable bonds is 1. The van der Waals surface area contributed by atoms with E-state index in [4.69, 9.17) is 11.6 Å². The Morgan fingerprint density at radius 3 is 2.67 bits per heavy atom. The third-order valence-electron chi connectivity index (χ3n) is 2.30. The van der Waals surface area contributed by atoms with E-state index in [2.05, 4.69) is 10.1 Å². The third-order valence-corrected chi connectivity index (χ3v) is 2.51. The standard InChI is InChI=1S/C10H10ClN3O/c1-6-7(2)13-14(10(6)15)9-5-3-4-8(11)12-9/h3-5,13H,1-2H3. The second-order valence-electron chi connectivity index (χ2n) is 3.32.